The maximum absolute atomic E-state index is 9.97. The van der Waals surface area contributed by atoms with Gasteiger partial charge in [-0.1, -0.05) is 18.2 Å². The predicted octanol–water partition coefficient (Wildman–Crippen LogP) is 4.40. The van der Waals surface area contributed by atoms with Crippen LogP contribution in [0.15, 0.2) is 51.9 Å². The molecule has 1 heterocycles. The number of methoxy groups -OCH3 is 1. The summed E-state index contributed by atoms with van der Waals surface area (Å²) in [5.74, 6) is 0.872. The lowest BCUT2D eigenvalue weighted by Crippen LogP contribution is -1.83. The molecule has 0 spiro atoms. The Labute approximate surface area is 130 Å². The maximum Gasteiger partial charge on any atom is 0.198 e. The van der Waals surface area contributed by atoms with Gasteiger partial charge in [-0.25, -0.2) is 0 Å². The average Bonchev–Trinajstić information content (AvgIpc) is 2.81. The molecule has 2 N–H and O–H groups in total. The van der Waals surface area contributed by atoms with Crippen molar-refractivity contribution >= 4 is 38.7 Å². The first-order valence-electron chi connectivity index (χ1n) is 6.36. The number of nitrogens with zero attached hydrogens (tertiary/aromatic N) is 1. The molecule has 5 heteroatoms. The minimum Gasteiger partial charge on any atom is -0.496 e. The number of aromatic hydroxyl groups is 1. The van der Waals surface area contributed by atoms with Crippen molar-refractivity contribution < 1.29 is 9.84 Å². The molecule has 0 fully saturated rings. The maximum atomic E-state index is 9.97. The number of para-hydroxylation sites is 1. The van der Waals surface area contributed by atoms with Gasteiger partial charge in [0, 0.05) is 17.1 Å². The zero-order valence-electron chi connectivity index (χ0n) is 11.3. The number of aromatic amines is 1. The highest BCUT2D eigenvalue weighted by molar-refractivity contribution is 9.10. The van der Waals surface area contributed by atoms with Crippen molar-refractivity contribution in [1.29, 1.82) is 0 Å². The van der Waals surface area contributed by atoms with Gasteiger partial charge in [0.05, 0.1) is 22.8 Å². The topological polar surface area (TPSA) is 57.6 Å². The van der Waals surface area contributed by atoms with Crippen LogP contribution in [-0.4, -0.2) is 23.4 Å². The molecule has 1 aromatic heterocycles. The molecule has 0 bridgehead atoms. The van der Waals surface area contributed by atoms with Gasteiger partial charge in [0.1, 0.15) is 5.75 Å². The summed E-state index contributed by atoms with van der Waals surface area (Å²) in [6.45, 7) is 0. The minimum absolute atomic E-state index is 0.118. The summed E-state index contributed by atoms with van der Waals surface area (Å²) in [5.41, 5.74) is 2.33. The van der Waals surface area contributed by atoms with Crippen molar-refractivity contribution in [1.82, 2.24) is 4.98 Å². The highest BCUT2D eigenvalue weighted by Gasteiger charge is 2.08. The monoisotopic (exact) mass is 344 g/mol. The number of halogens is 1. The summed E-state index contributed by atoms with van der Waals surface area (Å²) in [4.78, 5) is 7.33. The fraction of sp³-hybridized carbons (Fsp3) is 0.0625. The highest BCUT2D eigenvalue weighted by atomic mass is 79.9. The molecule has 0 aliphatic carbocycles. The average molecular weight is 345 g/mol. The van der Waals surface area contributed by atoms with Gasteiger partial charge in [-0.2, -0.15) is 0 Å². The summed E-state index contributed by atoms with van der Waals surface area (Å²) < 4.78 is 6.02. The van der Waals surface area contributed by atoms with Crippen LogP contribution in [0.4, 0.5) is 5.69 Å². The van der Waals surface area contributed by atoms with Crippen LogP contribution in [0.25, 0.3) is 10.9 Å². The van der Waals surface area contributed by atoms with Crippen LogP contribution in [-0.2, 0) is 0 Å². The van der Waals surface area contributed by atoms with Gasteiger partial charge in [-0.3, -0.25) is 4.99 Å². The van der Waals surface area contributed by atoms with E-state index in [2.05, 4.69) is 25.9 Å². The van der Waals surface area contributed by atoms with Gasteiger partial charge in [0.25, 0.3) is 0 Å². The normalized spacial score (nSPS) is 11.3. The number of rotatable bonds is 3. The second-order valence-electron chi connectivity index (χ2n) is 4.51. The molecule has 2 aromatic carbocycles. The van der Waals surface area contributed by atoms with Crippen LogP contribution in [0.3, 0.4) is 0 Å². The van der Waals surface area contributed by atoms with Gasteiger partial charge in [0.2, 0.25) is 0 Å². The Balaban J connectivity index is 1.98. The predicted molar refractivity (Wildman–Crippen MR) is 87.9 cm³/mol. The Morgan fingerprint density at radius 1 is 1.24 bits per heavy atom. The quantitative estimate of drug-likeness (QED) is 0.692. The molecular formula is C16H13BrN2O2. The van der Waals surface area contributed by atoms with Gasteiger partial charge < -0.3 is 14.8 Å². The van der Waals surface area contributed by atoms with E-state index in [0.29, 0.717) is 5.56 Å². The molecular weight excluding hydrogens is 332 g/mol. The number of hydrogen-bond donors (Lipinski definition) is 2. The number of aliphatic imine (C=N–C) groups is 1. The number of H-pyrrole nitrogens is 1. The lowest BCUT2D eigenvalue weighted by molar-refractivity contribution is 0.412. The molecule has 0 atom stereocenters. The highest BCUT2D eigenvalue weighted by Crippen LogP contribution is 2.30. The van der Waals surface area contributed by atoms with Gasteiger partial charge in [-0.15, -0.1) is 0 Å². The van der Waals surface area contributed by atoms with Crippen LogP contribution in [0, 0.1) is 0 Å². The van der Waals surface area contributed by atoms with Crippen molar-refractivity contribution in [3.8, 4) is 11.6 Å². The zero-order valence-corrected chi connectivity index (χ0v) is 12.9. The summed E-state index contributed by atoms with van der Waals surface area (Å²) >= 11 is 3.43. The number of ether oxygens (including phenoxy) is 1. The van der Waals surface area contributed by atoms with Crippen molar-refractivity contribution in [3.63, 3.8) is 0 Å². The molecule has 0 saturated heterocycles. The van der Waals surface area contributed by atoms with Crippen molar-refractivity contribution in [3.05, 3.63) is 52.5 Å². The van der Waals surface area contributed by atoms with Crippen LogP contribution in [0.2, 0.25) is 0 Å². The Hall–Kier alpha value is -2.27. The van der Waals surface area contributed by atoms with Crippen LogP contribution in [0.1, 0.15) is 5.56 Å². The second kappa shape index (κ2) is 5.61. The largest absolute Gasteiger partial charge is 0.496 e. The molecule has 21 heavy (non-hydrogen) atoms. The number of nitrogens with one attached hydrogen (secondary N) is 1. The van der Waals surface area contributed by atoms with E-state index < -0.39 is 0 Å². The van der Waals surface area contributed by atoms with E-state index >= 15 is 0 Å². The van der Waals surface area contributed by atoms with E-state index in [1.54, 1.807) is 13.3 Å². The summed E-state index contributed by atoms with van der Waals surface area (Å²) in [7, 11) is 1.62. The van der Waals surface area contributed by atoms with Crippen LogP contribution in [0.5, 0.6) is 11.6 Å². The molecule has 0 unspecified atom stereocenters. The first-order chi connectivity index (χ1) is 10.2. The van der Waals surface area contributed by atoms with Crippen molar-refractivity contribution in [2.75, 3.05) is 7.11 Å². The Morgan fingerprint density at radius 3 is 2.81 bits per heavy atom. The van der Waals surface area contributed by atoms with Gasteiger partial charge in [0.15, 0.2) is 5.88 Å². The van der Waals surface area contributed by atoms with E-state index in [1.165, 1.54) is 0 Å². The Bertz CT molecular complexity index is 824. The van der Waals surface area contributed by atoms with E-state index in [-0.39, 0.29) is 5.88 Å². The standard InChI is InChI=1S/C16H13BrN2O2/c1-21-15-7-6-10(8-13(15)17)18-9-12-11-4-2-3-5-14(11)19-16(12)20/h2-9,19-20H,1H3. The SMILES string of the molecule is COc1ccc(N=Cc2c(O)[nH]c3ccccc23)cc1Br. The number of aromatic nitrogens is 1. The molecule has 0 amide bonds. The van der Waals surface area contributed by atoms with E-state index in [9.17, 15) is 5.11 Å². The third-order valence-electron chi connectivity index (χ3n) is 3.20. The number of benzene rings is 2. The first kappa shape index (κ1) is 13.7. The lowest BCUT2D eigenvalue weighted by Gasteiger charge is -2.02. The molecule has 0 saturated carbocycles. The molecule has 0 radical (unpaired) electrons. The smallest absolute Gasteiger partial charge is 0.198 e. The van der Waals surface area contributed by atoms with Crippen LogP contribution < -0.4 is 4.74 Å². The van der Waals surface area contributed by atoms with E-state index in [0.717, 1.165) is 26.8 Å². The molecule has 3 rings (SSSR count). The molecule has 4 nitrogen and oxygen atoms in total. The minimum atomic E-state index is 0.118. The van der Waals surface area contributed by atoms with E-state index in [1.807, 2.05) is 42.5 Å². The van der Waals surface area contributed by atoms with Crippen molar-refractivity contribution in [2.24, 2.45) is 4.99 Å². The fourth-order valence-electron chi connectivity index (χ4n) is 2.15. The molecule has 106 valence electrons. The molecule has 0 aliphatic heterocycles. The van der Waals surface area contributed by atoms with Crippen molar-refractivity contribution in [2.45, 2.75) is 0 Å². The lowest BCUT2D eigenvalue weighted by atomic mass is 10.2. The number of hydrogen-bond acceptors (Lipinski definition) is 3. The molecule has 0 aliphatic rings. The zero-order chi connectivity index (χ0) is 14.8. The van der Waals surface area contributed by atoms with Gasteiger partial charge >= 0.3 is 0 Å². The Morgan fingerprint density at radius 2 is 2.05 bits per heavy atom. The second-order valence-corrected chi connectivity index (χ2v) is 5.36. The summed E-state index contributed by atoms with van der Waals surface area (Å²) in [6, 6.07) is 13.3. The van der Waals surface area contributed by atoms with E-state index in [4.69, 9.17) is 4.74 Å². The fourth-order valence-corrected chi connectivity index (χ4v) is 2.68. The number of fused-ring (bicyclic) bond motifs is 1. The third-order valence-corrected chi connectivity index (χ3v) is 3.82. The summed E-state index contributed by atoms with van der Waals surface area (Å²) in [5, 5.41) is 10.9. The van der Waals surface area contributed by atoms with Gasteiger partial charge in [-0.05, 0) is 40.2 Å². The Kier molecular flexibility index (Phi) is 3.66. The third kappa shape index (κ3) is 2.64. The first-order valence-corrected chi connectivity index (χ1v) is 7.15. The van der Waals surface area contributed by atoms with Crippen LogP contribution >= 0.6 is 15.9 Å². The molecule has 3 aromatic rings. The summed E-state index contributed by atoms with van der Waals surface area (Å²) in [6.07, 6.45) is 1.66.